The first-order valence-electron chi connectivity index (χ1n) is 4.73. The van der Waals surface area contributed by atoms with Gasteiger partial charge in [0.1, 0.15) is 0 Å². The van der Waals surface area contributed by atoms with E-state index in [-0.39, 0.29) is 0 Å². The topological polar surface area (TPSA) is 17.1 Å². The molecule has 0 spiro atoms. The van der Waals surface area contributed by atoms with Crippen molar-refractivity contribution in [2.24, 2.45) is 0 Å². The number of benzene rings is 1. The molecule has 0 heterocycles. The Labute approximate surface area is 88.0 Å². The first-order valence-corrected chi connectivity index (χ1v) is 6.05. The molecule has 1 atom stereocenters. The van der Waals surface area contributed by atoms with Crippen LogP contribution in [0.4, 0.5) is 0 Å². The van der Waals surface area contributed by atoms with Crippen LogP contribution in [0.2, 0.25) is 0 Å². The molecule has 0 amide bonds. The zero-order valence-electron chi connectivity index (χ0n) is 8.32. The van der Waals surface area contributed by atoms with Gasteiger partial charge in [-0.2, -0.15) is 0 Å². The van der Waals surface area contributed by atoms with Crippen molar-refractivity contribution >= 4 is 10.8 Å². The van der Waals surface area contributed by atoms with Crippen LogP contribution in [0.3, 0.4) is 0 Å². The van der Waals surface area contributed by atoms with Gasteiger partial charge in [0.25, 0.3) is 0 Å². The lowest BCUT2D eigenvalue weighted by atomic mass is 10.4. The van der Waals surface area contributed by atoms with E-state index in [9.17, 15) is 4.21 Å². The average Bonchev–Trinajstić information content (AvgIpc) is 2.25. The van der Waals surface area contributed by atoms with Crippen LogP contribution >= 0.6 is 0 Å². The van der Waals surface area contributed by atoms with Crippen molar-refractivity contribution in [1.29, 1.82) is 0 Å². The van der Waals surface area contributed by atoms with Crippen molar-refractivity contribution in [2.75, 3.05) is 5.75 Å². The summed E-state index contributed by atoms with van der Waals surface area (Å²) >= 11 is 0. The Morgan fingerprint density at radius 3 is 2.57 bits per heavy atom. The van der Waals surface area contributed by atoms with E-state index in [1.807, 2.05) is 37.3 Å². The largest absolute Gasteiger partial charge is 0.254 e. The lowest BCUT2D eigenvalue weighted by Crippen LogP contribution is -1.96. The van der Waals surface area contributed by atoms with Gasteiger partial charge in [0.05, 0.1) is 10.8 Å². The monoisotopic (exact) mass is 206 g/mol. The van der Waals surface area contributed by atoms with Crippen molar-refractivity contribution in [3.8, 4) is 11.8 Å². The van der Waals surface area contributed by atoms with E-state index in [1.165, 1.54) is 0 Å². The molecule has 1 aromatic rings. The van der Waals surface area contributed by atoms with Crippen LogP contribution < -0.4 is 0 Å². The van der Waals surface area contributed by atoms with Gasteiger partial charge < -0.3 is 0 Å². The SMILES string of the molecule is CCC#CCCS(=O)c1ccccc1. The summed E-state index contributed by atoms with van der Waals surface area (Å²) < 4.78 is 11.7. The van der Waals surface area contributed by atoms with Gasteiger partial charge in [0.2, 0.25) is 0 Å². The van der Waals surface area contributed by atoms with Crippen LogP contribution in [0.25, 0.3) is 0 Å². The second kappa shape index (κ2) is 6.39. The minimum absolute atomic E-state index is 0.636. The fourth-order valence-electron chi connectivity index (χ4n) is 1.05. The van der Waals surface area contributed by atoms with Gasteiger partial charge >= 0.3 is 0 Å². The molecular formula is C12H14OS. The quantitative estimate of drug-likeness (QED) is 0.695. The van der Waals surface area contributed by atoms with E-state index in [0.29, 0.717) is 5.75 Å². The lowest BCUT2D eigenvalue weighted by Gasteiger charge is -1.97. The van der Waals surface area contributed by atoms with Crippen LogP contribution in [0, 0.1) is 11.8 Å². The van der Waals surface area contributed by atoms with Gasteiger partial charge in [-0.25, -0.2) is 0 Å². The second-order valence-electron chi connectivity index (χ2n) is 2.82. The Morgan fingerprint density at radius 2 is 1.93 bits per heavy atom. The summed E-state index contributed by atoms with van der Waals surface area (Å²) in [4.78, 5) is 0.894. The maximum atomic E-state index is 11.7. The molecule has 0 bridgehead atoms. The van der Waals surface area contributed by atoms with Gasteiger partial charge in [0, 0.05) is 23.5 Å². The highest BCUT2D eigenvalue weighted by Crippen LogP contribution is 2.05. The molecule has 0 aliphatic heterocycles. The van der Waals surface area contributed by atoms with Crippen molar-refractivity contribution in [2.45, 2.75) is 24.7 Å². The number of hydrogen-bond donors (Lipinski definition) is 0. The third-order valence-corrected chi connectivity index (χ3v) is 3.09. The predicted octanol–water partition coefficient (Wildman–Crippen LogP) is 2.60. The highest BCUT2D eigenvalue weighted by atomic mass is 32.2. The van der Waals surface area contributed by atoms with Crippen molar-refractivity contribution in [3.05, 3.63) is 30.3 Å². The molecule has 0 aromatic heterocycles. The molecule has 2 heteroatoms. The maximum absolute atomic E-state index is 11.7. The van der Waals surface area contributed by atoms with E-state index in [4.69, 9.17) is 0 Å². The van der Waals surface area contributed by atoms with Crippen molar-refractivity contribution < 1.29 is 4.21 Å². The predicted molar refractivity (Wildman–Crippen MR) is 60.4 cm³/mol. The molecule has 74 valence electrons. The fourth-order valence-corrected chi connectivity index (χ4v) is 2.03. The summed E-state index contributed by atoms with van der Waals surface area (Å²) in [5.74, 6) is 6.60. The number of rotatable bonds is 3. The lowest BCUT2D eigenvalue weighted by molar-refractivity contribution is 0.683. The van der Waals surface area contributed by atoms with Crippen LogP contribution in [-0.2, 0) is 10.8 Å². The molecule has 0 aliphatic rings. The fraction of sp³-hybridized carbons (Fsp3) is 0.333. The highest BCUT2D eigenvalue weighted by molar-refractivity contribution is 7.85. The second-order valence-corrected chi connectivity index (χ2v) is 4.39. The first-order chi connectivity index (χ1) is 6.84. The summed E-state index contributed by atoms with van der Waals surface area (Å²) in [6.45, 7) is 2.02. The van der Waals surface area contributed by atoms with Crippen LogP contribution in [-0.4, -0.2) is 9.96 Å². The van der Waals surface area contributed by atoms with E-state index in [0.717, 1.165) is 17.7 Å². The molecule has 1 nitrogen and oxygen atoms in total. The minimum Gasteiger partial charge on any atom is -0.254 e. The first kappa shape index (κ1) is 11.0. The zero-order valence-corrected chi connectivity index (χ0v) is 9.14. The van der Waals surface area contributed by atoms with E-state index in [1.54, 1.807) is 0 Å². The van der Waals surface area contributed by atoms with Gasteiger partial charge in [-0.05, 0) is 12.1 Å². The van der Waals surface area contributed by atoms with Crippen molar-refractivity contribution in [3.63, 3.8) is 0 Å². The summed E-state index contributed by atoms with van der Waals surface area (Å²) in [7, 11) is -0.889. The van der Waals surface area contributed by atoms with E-state index < -0.39 is 10.8 Å². The highest BCUT2D eigenvalue weighted by Gasteiger charge is 2.00. The normalized spacial score (nSPS) is 11.5. The Balaban J connectivity index is 2.44. The molecule has 0 saturated carbocycles. The molecule has 0 radical (unpaired) electrons. The average molecular weight is 206 g/mol. The Bertz CT molecular complexity index is 346. The minimum atomic E-state index is -0.889. The molecule has 1 unspecified atom stereocenters. The van der Waals surface area contributed by atoms with Gasteiger partial charge in [-0.15, -0.1) is 11.8 Å². The molecule has 1 aromatic carbocycles. The van der Waals surface area contributed by atoms with Crippen LogP contribution in [0.15, 0.2) is 35.2 Å². The molecular weight excluding hydrogens is 192 g/mol. The molecule has 0 fully saturated rings. The smallest absolute Gasteiger partial charge is 0.0539 e. The maximum Gasteiger partial charge on any atom is 0.0539 e. The summed E-state index contributed by atoms with van der Waals surface area (Å²) in [5, 5.41) is 0. The Hall–Kier alpha value is -1.07. The molecule has 0 N–H and O–H groups in total. The molecule has 0 aliphatic carbocycles. The van der Waals surface area contributed by atoms with Gasteiger partial charge in [-0.3, -0.25) is 4.21 Å². The zero-order chi connectivity index (χ0) is 10.2. The van der Waals surface area contributed by atoms with E-state index in [2.05, 4.69) is 11.8 Å². The standard InChI is InChI=1S/C12H14OS/c1-2-3-4-8-11-14(13)12-9-6-5-7-10-12/h5-7,9-10H,2,8,11H2,1H3. The summed E-state index contributed by atoms with van der Waals surface area (Å²) in [6.07, 6.45) is 1.59. The van der Waals surface area contributed by atoms with Crippen molar-refractivity contribution in [1.82, 2.24) is 0 Å². The molecule has 1 rings (SSSR count). The molecule has 0 saturated heterocycles. The van der Waals surface area contributed by atoms with Crippen LogP contribution in [0.5, 0.6) is 0 Å². The Morgan fingerprint density at radius 1 is 1.21 bits per heavy atom. The molecule has 14 heavy (non-hydrogen) atoms. The third-order valence-electron chi connectivity index (χ3n) is 1.72. The Kier molecular flexibility index (Phi) is 5.03. The van der Waals surface area contributed by atoms with E-state index >= 15 is 0 Å². The van der Waals surface area contributed by atoms with Gasteiger partial charge in [-0.1, -0.05) is 25.1 Å². The number of hydrogen-bond acceptors (Lipinski definition) is 1. The third kappa shape index (κ3) is 3.76. The van der Waals surface area contributed by atoms with Crippen LogP contribution in [0.1, 0.15) is 19.8 Å². The summed E-state index contributed by atoms with van der Waals surface area (Å²) in [5.41, 5.74) is 0. The van der Waals surface area contributed by atoms with Gasteiger partial charge in [0.15, 0.2) is 0 Å². The summed E-state index contributed by atoms with van der Waals surface area (Å²) in [6, 6.07) is 9.53.